The molecule has 1 N–H and O–H groups in total. The van der Waals surface area contributed by atoms with Crippen LogP contribution in [0.15, 0.2) is 0 Å². The number of likely N-dealkylation sites (tertiary alicyclic amines) is 1. The second kappa shape index (κ2) is 5.26. The van der Waals surface area contributed by atoms with Gasteiger partial charge in [-0.1, -0.05) is 6.92 Å². The molecule has 2 amide bonds. The topological polar surface area (TPSA) is 60.9 Å². The van der Waals surface area contributed by atoms with Gasteiger partial charge in [0.15, 0.2) is 0 Å². The predicted octanol–water partition coefficient (Wildman–Crippen LogP) is 1.88. The van der Waals surface area contributed by atoms with E-state index < -0.39 is 5.97 Å². The van der Waals surface area contributed by atoms with E-state index in [9.17, 15) is 9.59 Å². The van der Waals surface area contributed by atoms with Crippen LogP contribution in [0.2, 0.25) is 0 Å². The van der Waals surface area contributed by atoms with E-state index in [4.69, 9.17) is 5.11 Å². The highest BCUT2D eigenvalue weighted by atomic mass is 16.4. The van der Waals surface area contributed by atoms with Gasteiger partial charge in [-0.05, 0) is 37.5 Å². The molecule has 5 nitrogen and oxygen atoms in total. The number of hydrogen-bond acceptors (Lipinski definition) is 2. The molecule has 1 unspecified atom stereocenters. The minimum Gasteiger partial charge on any atom is -0.481 e. The lowest BCUT2D eigenvalue weighted by Crippen LogP contribution is -2.57. The van der Waals surface area contributed by atoms with Crippen LogP contribution in [-0.4, -0.2) is 53.1 Å². The van der Waals surface area contributed by atoms with Crippen LogP contribution in [0.4, 0.5) is 4.79 Å². The average Bonchev–Trinajstić information content (AvgIpc) is 3.20. The van der Waals surface area contributed by atoms with Gasteiger partial charge >= 0.3 is 12.0 Å². The third kappa shape index (κ3) is 3.07. The summed E-state index contributed by atoms with van der Waals surface area (Å²) in [5, 5.41) is 8.99. The number of amides is 2. The summed E-state index contributed by atoms with van der Waals surface area (Å²) in [4.78, 5) is 27.3. The molecule has 1 aliphatic heterocycles. The fraction of sp³-hybridized carbons (Fsp3) is 0.867. The summed E-state index contributed by atoms with van der Waals surface area (Å²) in [6, 6.07) is 0.137. The van der Waals surface area contributed by atoms with Crippen LogP contribution in [0.5, 0.6) is 0 Å². The Balaban J connectivity index is 1.50. The third-order valence-corrected chi connectivity index (χ3v) is 4.90. The smallest absolute Gasteiger partial charge is 0.320 e. The fourth-order valence-corrected chi connectivity index (χ4v) is 2.84. The molecule has 20 heavy (non-hydrogen) atoms. The maximum Gasteiger partial charge on any atom is 0.320 e. The van der Waals surface area contributed by atoms with Gasteiger partial charge in [-0.3, -0.25) is 4.79 Å². The van der Waals surface area contributed by atoms with Crippen LogP contribution in [0, 0.1) is 23.7 Å². The highest BCUT2D eigenvalue weighted by molar-refractivity contribution is 5.76. The van der Waals surface area contributed by atoms with Gasteiger partial charge in [0, 0.05) is 32.1 Å². The van der Waals surface area contributed by atoms with Crippen molar-refractivity contribution < 1.29 is 14.7 Å². The minimum absolute atomic E-state index is 0.125. The highest BCUT2D eigenvalue weighted by Gasteiger charge is 2.40. The first kappa shape index (κ1) is 13.7. The normalized spacial score (nSPS) is 24.1. The van der Waals surface area contributed by atoms with E-state index in [-0.39, 0.29) is 17.9 Å². The number of rotatable bonds is 6. The number of carboxylic acids is 1. The van der Waals surface area contributed by atoms with E-state index in [0.29, 0.717) is 24.9 Å². The summed E-state index contributed by atoms with van der Waals surface area (Å²) in [6.07, 6.45) is 5.03. The third-order valence-electron chi connectivity index (χ3n) is 4.90. The molecule has 0 bridgehead atoms. The zero-order valence-electron chi connectivity index (χ0n) is 12.1. The summed E-state index contributed by atoms with van der Waals surface area (Å²) < 4.78 is 0. The van der Waals surface area contributed by atoms with Crippen LogP contribution in [0.1, 0.15) is 32.6 Å². The van der Waals surface area contributed by atoms with Gasteiger partial charge in [0.1, 0.15) is 0 Å². The first-order chi connectivity index (χ1) is 9.54. The Morgan fingerprint density at radius 2 is 1.65 bits per heavy atom. The van der Waals surface area contributed by atoms with Crippen molar-refractivity contribution in [1.82, 2.24) is 9.80 Å². The zero-order chi connectivity index (χ0) is 14.3. The molecule has 2 saturated carbocycles. The van der Waals surface area contributed by atoms with E-state index in [0.717, 1.165) is 13.1 Å². The Morgan fingerprint density at radius 3 is 2.05 bits per heavy atom. The molecule has 1 saturated heterocycles. The number of urea groups is 1. The molecule has 1 atom stereocenters. The molecule has 1 heterocycles. The standard InChI is InChI=1S/C15H24N2O3/c1-10(14(18)19)13-8-17(9-13)15(20)16(6-11-2-3-11)7-12-4-5-12/h10-13H,2-9H2,1H3,(H,18,19). The van der Waals surface area contributed by atoms with E-state index >= 15 is 0 Å². The molecule has 3 aliphatic rings. The van der Waals surface area contributed by atoms with Crippen molar-refractivity contribution in [2.75, 3.05) is 26.2 Å². The maximum atomic E-state index is 12.5. The lowest BCUT2D eigenvalue weighted by Gasteiger charge is -2.43. The predicted molar refractivity (Wildman–Crippen MR) is 74.3 cm³/mol. The van der Waals surface area contributed by atoms with Crippen LogP contribution in [-0.2, 0) is 4.79 Å². The molecule has 112 valence electrons. The molecule has 2 aliphatic carbocycles. The molecule has 3 fully saturated rings. The molecule has 0 aromatic rings. The first-order valence-electron chi connectivity index (χ1n) is 7.81. The Hall–Kier alpha value is -1.26. The summed E-state index contributed by atoms with van der Waals surface area (Å²) in [5.74, 6) is 0.454. The molecule has 0 aromatic carbocycles. The Bertz CT molecular complexity index is 384. The van der Waals surface area contributed by atoms with Crippen LogP contribution in [0.3, 0.4) is 0 Å². The van der Waals surface area contributed by atoms with Crippen molar-refractivity contribution in [2.24, 2.45) is 23.7 Å². The first-order valence-corrected chi connectivity index (χ1v) is 7.81. The quantitative estimate of drug-likeness (QED) is 0.808. The molecular weight excluding hydrogens is 256 g/mol. The van der Waals surface area contributed by atoms with Gasteiger partial charge in [-0.25, -0.2) is 4.79 Å². The van der Waals surface area contributed by atoms with Crippen LogP contribution >= 0.6 is 0 Å². The SMILES string of the molecule is CC(C(=O)O)C1CN(C(=O)N(CC2CC2)CC2CC2)C1. The Labute approximate surface area is 119 Å². The maximum absolute atomic E-state index is 12.5. The van der Waals surface area contributed by atoms with Crippen LogP contribution < -0.4 is 0 Å². The van der Waals surface area contributed by atoms with Crippen molar-refractivity contribution in [3.63, 3.8) is 0 Å². The number of carboxylic acid groups (broad SMARTS) is 1. The number of carbonyl (C=O) groups is 2. The van der Waals surface area contributed by atoms with Gasteiger partial charge in [-0.2, -0.15) is 0 Å². The summed E-state index contributed by atoms with van der Waals surface area (Å²) >= 11 is 0. The Kier molecular flexibility index (Phi) is 3.61. The lowest BCUT2D eigenvalue weighted by atomic mass is 9.87. The second-order valence-electron chi connectivity index (χ2n) is 6.87. The number of nitrogens with zero attached hydrogens (tertiary/aromatic N) is 2. The summed E-state index contributed by atoms with van der Waals surface area (Å²) in [5.41, 5.74) is 0. The van der Waals surface area contributed by atoms with Crippen molar-refractivity contribution in [1.29, 1.82) is 0 Å². The van der Waals surface area contributed by atoms with Crippen molar-refractivity contribution in [3.8, 4) is 0 Å². The van der Waals surface area contributed by atoms with E-state index in [2.05, 4.69) is 0 Å². The van der Waals surface area contributed by atoms with Crippen molar-refractivity contribution in [2.45, 2.75) is 32.6 Å². The molecule has 5 heteroatoms. The van der Waals surface area contributed by atoms with Gasteiger partial charge in [0.25, 0.3) is 0 Å². The van der Waals surface area contributed by atoms with E-state index in [1.165, 1.54) is 25.7 Å². The van der Waals surface area contributed by atoms with Crippen molar-refractivity contribution in [3.05, 3.63) is 0 Å². The second-order valence-corrected chi connectivity index (χ2v) is 6.87. The zero-order valence-corrected chi connectivity index (χ0v) is 12.1. The fourth-order valence-electron chi connectivity index (χ4n) is 2.84. The molecule has 3 rings (SSSR count). The van der Waals surface area contributed by atoms with Gasteiger partial charge < -0.3 is 14.9 Å². The largest absolute Gasteiger partial charge is 0.481 e. The van der Waals surface area contributed by atoms with Crippen LogP contribution in [0.25, 0.3) is 0 Å². The highest BCUT2D eigenvalue weighted by Crippen LogP contribution is 2.35. The lowest BCUT2D eigenvalue weighted by molar-refractivity contribution is -0.144. The van der Waals surface area contributed by atoms with Gasteiger partial charge in [0.05, 0.1) is 5.92 Å². The summed E-state index contributed by atoms with van der Waals surface area (Å²) in [7, 11) is 0. The molecular formula is C15H24N2O3. The average molecular weight is 280 g/mol. The summed E-state index contributed by atoms with van der Waals surface area (Å²) in [6.45, 7) is 4.77. The minimum atomic E-state index is -0.755. The van der Waals surface area contributed by atoms with E-state index in [1.54, 1.807) is 6.92 Å². The number of hydrogen-bond donors (Lipinski definition) is 1. The molecule has 0 spiro atoms. The number of carbonyl (C=O) groups excluding carboxylic acids is 1. The van der Waals surface area contributed by atoms with E-state index in [1.807, 2.05) is 9.80 Å². The van der Waals surface area contributed by atoms with Gasteiger partial charge in [0.2, 0.25) is 0 Å². The Morgan fingerprint density at radius 1 is 1.15 bits per heavy atom. The molecule has 0 radical (unpaired) electrons. The van der Waals surface area contributed by atoms with Gasteiger partial charge in [-0.15, -0.1) is 0 Å². The van der Waals surface area contributed by atoms with Crippen molar-refractivity contribution >= 4 is 12.0 Å². The molecule has 0 aromatic heterocycles. The monoisotopic (exact) mass is 280 g/mol. The number of aliphatic carboxylic acids is 1.